The number of hydrogen-bond donors (Lipinski definition) is 3. The van der Waals surface area contributed by atoms with E-state index < -0.39 is 0 Å². The van der Waals surface area contributed by atoms with Crippen molar-refractivity contribution in [3.63, 3.8) is 0 Å². The van der Waals surface area contributed by atoms with Gasteiger partial charge < -0.3 is 16.2 Å². The molecule has 3 heteroatoms. The van der Waals surface area contributed by atoms with E-state index in [4.69, 9.17) is 10.8 Å². The quantitative estimate of drug-likeness (QED) is 0.616. The van der Waals surface area contributed by atoms with Crippen LogP contribution in [0.1, 0.15) is 11.6 Å². The third-order valence-electron chi connectivity index (χ3n) is 1.88. The molecule has 1 aromatic rings. The van der Waals surface area contributed by atoms with Gasteiger partial charge >= 0.3 is 0 Å². The Balaban J connectivity index is 2.80. The third kappa shape index (κ3) is 1.96. The molecule has 0 aliphatic carbocycles. The van der Waals surface area contributed by atoms with E-state index in [1.54, 1.807) is 12.1 Å². The molecule has 3 nitrogen and oxygen atoms in total. The summed E-state index contributed by atoms with van der Waals surface area (Å²) in [5.41, 5.74) is 6.62. The van der Waals surface area contributed by atoms with Crippen molar-refractivity contribution in [2.24, 2.45) is 5.73 Å². The minimum atomic E-state index is 0.172. The number of nitrogens with one attached hydrogen (secondary N) is 1. The van der Waals surface area contributed by atoms with Crippen LogP contribution in [-0.2, 0) is 0 Å². The molecule has 0 saturated heterocycles. The van der Waals surface area contributed by atoms with Gasteiger partial charge in [0.2, 0.25) is 0 Å². The Morgan fingerprint density at radius 1 is 1.42 bits per heavy atom. The van der Waals surface area contributed by atoms with E-state index in [0.717, 1.165) is 5.56 Å². The summed E-state index contributed by atoms with van der Waals surface area (Å²) in [6.07, 6.45) is 0. The van der Waals surface area contributed by atoms with Crippen molar-refractivity contribution >= 4 is 0 Å². The van der Waals surface area contributed by atoms with Crippen LogP contribution in [-0.4, -0.2) is 18.7 Å². The van der Waals surface area contributed by atoms with E-state index in [9.17, 15) is 0 Å². The highest BCUT2D eigenvalue weighted by atomic mass is 16.3. The van der Waals surface area contributed by atoms with Gasteiger partial charge in [-0.1, -0.05) is 12.1 Å². The second kappa shape index (κ2) is 4.09. The zero-order valence-electron chi connectivity index (χ0n) is 7.12. The summed E-state index contributed by atoms with van der Waals surface area (Å²) in [4.78, 5) is 0. The third-order valence-corrected chi connectivity index (χ3v) is 1.88. The molecule has 1 unspecified atom stereocenters. The molecular weight excluding hydrogens is 152 g/mol. The Labute approximate surface area is 72.2 Å². The lowest BCUT2D eigenvalue weighted by Crippen LogP contribution is -2.24. The molecule has 0 aromatic heterocycles. The highest BCUT2D eigenvalue weighted by Gasteiger charge is 2.04. The number of aromatic hydroxyl groups is 1. The minimum absolute atomic E-state index is 0.172. The Hall–Kier alpha value is -1.06. The standard InChI is InChI=1S/C9H14N2O/c1-11-9(6-10)7-2-4-8(12)5-3-7/h2-5,9,11-12H,6,10H2,1H3. The molecule has 0 radical (unpaired) electrons. The molecule has 1 rings (SSSR count). The van der Waals surface area contributed by atoms with E-state index in [1.807, 2.05) is 19.2 Å². The first-order valence-corrected chi connectivity index (χ1v) is 3.94. The van der Waals surface area contributed by atoms with Crippen molar-refractivity contribution < 1.29 is 5.11 Å². The molecule has 0 aliphatic rings. The molecule has 0 fully saturated rings. The second-order valence-corrected chi connectivity index (χ2v) is 2.67. The fourth-order valence-corrected chi connectivity index (χ4v) is 1.13. The van der Waals surface area contributed by atoms with Crippen LogP contribution in [0.25, 0.3) is 0 Å². The van der Waals surface area contributed by atoms with Crippen LogP contribution < -0.4 is 11.1 Å². The molecule has 4 N–H and O–H groups in total. The number of phenolic OH excluding ortho intramolecular Hbond substituents is 1. The molecule has 0 bridgehead atoms. The molecule has 0 aliphatic heterocycles. The number of benzene rings is 1. The maximum absolute atomic E-state index is 9.03. The van der Waals surface area contributed by atoms with Crippen molar-refractivity contribution in [3.05, 3.63) is 29.8 Å². The smallest absolute Gasteiger partial charge is 0.115 e. The molecule has 0 saturated carbocycles. The lowest BCUT2D eigenvalue weighted by molar-refractivity contribution is 0.474. The summed E-state index contributed by atoms with van der Waals surface area (Å²) in [7, 11) is 1.87. The van der Waals surface area contributed by atoms with Crippen LogP contribution in [0, 0.1) is 0 Å². The SMILES string of the molecule is CNC(CN)c1ccc(O)cc1. The highest BCUT2D eigenvalue weighted by molar-refractivity contribution is 5.28. The summed E-state index contributed by atoms with van der Waals surface area (Å²) < 4.78 is 0. The zero-order valence-corrected chi connectivity index (χ0v) is 7.12. The first kappa shape index (κ1) is 9.03. The van der Waals surface area contributed by atoms with E-state index in [2.05, 4.69) is 5.32 Å². The monoisotopic (exact) mass is 166 g/mol. The predicted octanol–water partition coefficient (Wildman–Crippen LogP) is 0.611. The maximum atomic E-state index is 9.03. The van der Waals surface area contributed by atoms with Crippen molar-refractivity contribution in [2.45, 2.75) is 6.04 Å². The minimum Gasteiger partial charge on any atom is -0.508 e. The van der Waals surface area contributed by atoms with Gasteiger partial charge in [-0.2, -0.15) is 0 Å². The normalized spacial score (nSPS) is 12.8. The number of phenols is 1. The van der Waals surface area contributed by atoms with E-state index in [-0.39, 0.29) is 11.8 Å². The molecule has 66 valence electrons. The molecule has 0 amide bonds. The van der Waals surface area contributed by atoms with Gasteiger partial charge in [0, 0.05) is 12.6 Å². The fourth-order valence-electron chi connectivity index (χ4n) is 1.13. The summed E-state index contributed by atoms with van der Waals surface area (Å²) in [5.74, 6) is 0.283. The first-order chi connectivity index (χ1) is 5.77. The van der Waals surface area contributed by atoms with Crippen LogP contribution in [0.5, 0.6) is 5.75 Å². The van der Waals surface area contributed by atoms with Crippen molar-refractivity contribution in [1.82, 2.24) is 5.32 Å². The maximum Gasteiger partial charge on any atom is 0.115 e. The Morgan fingerprint density at radius 3 is 2.42 bits per heavy atom. The van der Waals surface area contributed by atoms with E-state index in [1.165, 1.54) is 0 Å². The largest absolute Gasteiger partial charge is 0.508 e. The average molecular weight is 166 g/mol. The topological polar surface area (TPSA) is 58.3 Å². The summed E-state index contributed by atoms with van der Waals surface area (Å²) in [6.45, 7) is 0.557. The Bertz CT molecular complexity index is 229. The van der Waals surface area contributed by atoms with Crippen molar-refractivity contribution in [3.8, 4) is 5.75 Å². The molecule has 12 heavy (non-hydrogen) atoms. The zero-order chi connectivity index (χ0) is 8.97. The van der Waals surface area contributed by atoms with Gasteiger partial charge in [0.15, 0.2) is 0 Å². The number of hydrogen-bond acceptors (Lipinski definition) is 3. The molecule has 1 aromatic carbocycles. The molecule has 0 spiro atoms. The van der Waals surface area contributed by atoms with Crippen LogP contribution in [0.4, 0.5) is 0 Å². The van der Waals surface area contributed by atoms with Gasteiger partial charge in [-0.15, -0.1) is 0 Å². The first-order valence-electron chi connectivity index (χ1n) is 3.94. The van der Waals surface area contributed by atoms with E-state index >= 15 is 0 Å². The number of likely N-dealkylation sites (N-methyl/N-ethyl adjacent to an activating group) is 1. The number of rotatable bonds is 3. The van der Waals surface area contributed by atoms with Gasteiger partial charge in [0.05, 0.1) is 0 Å². The van der Waals surface area contributed by atoms with Gasteiger partial charge in [0.25, 0.3) is 0 Å². The fraction of sp³-hybridized carbons (Fsp3) is 0.333. The molecular formula is C9H14N2O. The van der Waals surface area contributed by atoms with Crippen LogP contribution in [0.2, 0.25) is 0 Å². The van der Waals surface area contributed by atoms with Gasteiger partial charge in [-0.25, -0.2) is 0 Å². The summed E-state index contributed by atoms with van der Waals surface area (Å²) >= 11 is 0. The summed E-state index contributed by atoms with van der Waals surface area (Å²) in [5, 5.41) is 12.1. The van der Waals surface area contributed by atoms with Crippen molar-refractivity contribution in [1.29, 1.82) is 0 Å². The molecule has 1 atom stereocenters. The summed E-state index contributed by atoms with van der Waals surface area (Å²) in [6, 6.07) is 7.22. The lowest BCUT2D eigenvalue weighted by atomic mass is 10.1. The average Bonchev–Trinajstić information content (AvgIpc) is 2.10. The predicted molar refractivity (Wildman–Crippen MR) is 49.0 cm³/mol. The lowest BCUT2D eigenvalue weighted by Gasteiger charge is -2.13. The van der Waals surface area contributed by atoms with E-state index in [0.29, 0.717) is 6.54 Å². The highest BCUT2D eigenvalue weighted by Crippen LogP contribution is 2.15. The van der Waals surface area contributed by atoms with Gasteiger partial charge in [-0.05, 0) is 24.7 Å². The molecule has 0 heterocycles. The Morgan fingerprint density at radius 2 is 2.00 bits per heavy atom. The van der Waals surface area contributed by atoms with Gasteiger partial charge in [0.1, 0.15) is 5.75 Å². The van der Waals surface area contributed by atoms with Crippen molar-refractivity contribution in [2.75, 3.05) is 13.6 Å². The second-order valence-electron chi connectivity index (χ2n) is 2.67. The number of nitrogens with two attached hydrogens (primary N) is 1. The van der Waals surface area contributed by atoms with Crippen LogP contribution in [0.3, 0.4) is 0 Å². The van der Waals surface area contributed by atoms with Gasteiger partial charge in [-0.3, -0.25) is 0 Å². The van der Waals surface area contributed by atoms with Crippen LogP contribution in [0.15, 0.2) is 24.3 Å². The Kier molecular flexibility index (Phi) is 3.08. The van der Waals surface area contributed by atoms with Crippen LogP contribution >= 0.6 is 0 Å².